The van der Waals surface area contributed by atoms with Crippen molar-refractivity contribution in [1.29, 1.82) is 0 Å². The Kier molecular flexibility index (Phi) is 8.14. The zero-order chi connectivity index (χ0) is 18.9. The minimum atomic E-state index is -2.89. The molecule has 0 aliphatic carbocycles. The summed E-state index contributed by atoms with van der Waals surface area (Å²) in [6.07, 6.45) is 0. The summed E-state index contributed by atoms with van der Waals surface area (Å²) in [6, 6.07) is 4.96. The molecule has 0 unspecified atom stereocenters. The van der Waals surface area contributed by atoms with E-state index in [4.69, 9.17) is 17.0 Å². The van der Waals surface area contributed by atoms with E-state index in [1.807, 2.05) is 6.92 Å². The van der Waals surface area contributed by atoms with Crippen molar-refractivity contribution in [2.75, 3.05) is 39.4 Å². The van der Waals surface area contributed by atoms with Crippen molar-refractivity contribution in [3.05, 3.63) is 29.3 Å². The Morgan fingerprint density at radius 1 is 1.38 bits per heavy atom. The second kappa shape index (κ2) is 10.3. The van der Waals surface area contributed by atoms with E-state index in [1.54, 1.807) is 19.1 Å². The molecule has 0 aromatic heterocycles. The van der Waals surface area contributed by atoms with E-state index < -0.39 is 6.61 Å². The van der Waals surface area contributed by atoms with Gasteiger partial charge >= 0.3 is 6.61 Å². The van der Waals surface area contributed by atoms with Gasteiger partial charge in [-0.15, -0.1) is 0 Å². The first-order chi connectivity index (χ1) is 12.5. The van der Waals surface area contributed by atoms with Crippen LogP contribution in [0.3, 0.4) is 0 Å². The lowest BCUT2D eigenvalue weighted by Crippen LogP contribution is -2.42. The molecule has 1 heterocycles. The highest BCUT2D eigenvalue weighted by molar-refractivity contribution is 7.80. The molecular weight excluding hydrogens is 362 g/mol. The fourth-order valence-electron chi connectivity index (χ4n) is 2.51. The minimum Gasteiger partial charge on any atom is -0.434 e. The summed E-state index contributed by atoms with van der Waals surface area (Å²) in [7, 11) is 0. The average molecular weight is 386 g/mol. The number of nitrogens with one attached hydrogen (secondary N) is 2. The van der Waals surface area contributed by atoms with E-state index in [-0.39, 0.29) is 5.75 Å². The number of halogens is 2. The molecule has 0 bridgehead atoms. The highest BCUT2D eigenvalue weighted by Crippen LogP contribution is 2.22. The van der Waals surface area contributed by atoms with Gasteiger partial charge in [0.05, 0.1) is 18.9 Å². The molecule has 2 N–H and O–H groups in total. The van der Waals surface area contributed by atoms with Gasteiger partial charge in [0.25, 0.3) is 0 Å². The van der Waals surface area contributed by atoms with Crippen LogP contribution in [0.2, 0.25) is 0 Å². The number of nitrogens with zero attached hydrogens (tertiary/aromatic N) is 2. The van der Waals surface area contributed by atoms with Crippen molar-refractivity contribution >= 4 is 23.0 Å². The number of benzene rings is 1. The van der Waals surface area contributed by atoms with E-state index in [0.717, 1.165) is 38.4 Å². The van der Waals surface area contributed by atoms with Gasteiger partial charge in [-0.3, -0.25) is 10.3 Å². The maximum Gasteiger partial charge on any atom is 0.387 e. The van der Waals surface area contributed by atoms with Gasteiger partial charge in [0.1, 0.15) is 5.75 Å². The molecule has 144 valence electrons. The lowest BCUT2D eigenvalue weighted by atomic mass is 10.1. The highest BCUT2D eigenvalue weighted by Gasteiger charge is 2.13. The van der Waals surface area contributed by atoms with Crippen molar-refractivity contribution in [3.63, 3.8) is 0 Å². The summed E-state index contributed by atoms with van der Waals surface area (Å²) >= 11 is 5.19. The van der Waals surface area contributed by atoms with E-state index >= 15 is 0 Å². The summed E-state index contributed by atoms with van der Waals surface area (Å²) in [5.74, 6) is 0.0832. The molecule has 0 atom stereocenters. The zero-order valence-corrected chi connectivity index (χ0v) is 15.7. The summed E-state index contributed by atoms with van der Waals surface area (Å²) < 4.78 is 35.0. The Hall–Kier alpha value is -1.84. The monoisotopic (exact) mass is 386 g/mol. The zero-order valence-electron chi connectivity index (χ0n) is 14.9. The molecule has 2 rings (SSSR count). The van der Waals surface area contributed by atoms with Gasteiger partial charge in [-0.1, -0.05) is 11.6 Å². The predicted octanol–water partition coefficient (Wildman–Crippen LogP) is 2.12. The third-order valence-corrected chi connectivity index (χ3v) is 4.12. The number of thiocarbonyl (C=S) groups is 1. The number of hydrogen-bond donors (Lipinski definition) is 2. The van der Waals surface area contributed by atoms with Gasteiger partial charge in [0.2, 0.25) is 0 Å². The molecule has 9 heteroatoms. The van der Waals surface area contributed by atoms with Crippen LogP contribution in [0.1, 0.15) is 18.1 Å². The van der Waals surface area contributed by atoms with Crippen molar-refractivity contribution in [2.45, 2.75) is 20.5 Å². The first kappa shape index (κ1) is 20.5. The molecule has 0 saturated carbocycles. The van der Waals surface area contributed by atoms with Crippen molar-refractivity contribution in [1.82, 2.24) is 15.6 Å². The van der Waals surface area contributed by atoms with Gasteiger partial charge in [0.15, 0.2) is 5.11 Å². The summed E-state index contributed by atoms with van der Waals surface area (Å²) in [5, 5.41) is 7.62. The van der Waals surface area contributed by atoms with E-state index in [9.17, 15) is 8.78 Å². The lowest BCUT2D eigenvalue weighted by Gasteiger charge is -2.26. The van der Waals surface area contributed by atoms with Gasteiger partial charge in [-0.25, -0.2) is 0 Å². The summed E-state index contributed by atoms with van der Waals surface area (Å²) in [6.45, 7) is 5.57. The van der Waals surface area contributed by atoms with Gasteiger partial charge in [-0.05, 0) is 38.2 Å². The third-order valence-electron chi connectivity index (χ3n) is 3.88. The van der Waals surface area contributed by atoms with Gasteiger partial charge < -0.3 is 14.8 Å². The molecule has 1 aromatic rings. The number of rotatable bonds is 7. The van der Waals surface area contributed by atoms with E-state index in [2.05, 4.69) is 25.5 Å². The molecule has 6 nitrogen and oxygen atoms in total. The van der Waals surface area contributed by atoms with Crippen molar-refractivity contribution in [3.8, 4) is 5.75 Å². The predicted molar refractivity (Wildman–Crippen MR) is 101 cm³/mol. The molecular formula is C17H24F2N4O2S. The van der Waals surface area contributed by atoms with Gasteiger partial charge in [0, 0.05) is 31.7 Å². The minimum absolute atomic E-state index is 0.0832. The van der Waals surface area contributed by atoms with Crippen molar-refractivity contribution < 1.29 is 18.3 Å². The number of ether oxygens (including phenoxy) is 2. The first-order valence-corrected chi connectivity index (χ1v) is 8.80. The van der Waals surface area contributed by atoms with Gasteiger partial charge in [-0.2, -0.15) is 13.9 Å². The lowest BCUT2D eigenvalue weighted by molar-refractivity contribution is -0.0499. The Morgan fingerprint density at radius 2 is 2.12 bits per heavy atom. The van der Waals surface area contributed by atoms with Crippen LogP contribution in [0, 0.1) is 6.92 Å². The third kappa shape index (κ3) is 6.81. The molecule has 1 aliphatic rings. The van der Waals surface area contributed by atoms with Crippen LogP contribution in [0.5, 0.6) is 5.75 Å². The van der Waals surface area contributed by atoms with Crippen LogP contribution in [0.25, 0.3) is 0 Å². The fourth-order valence-corrected chi connectivity index (χ4v) is 2.66. The Labute approximate surface area is 157 Å². The molecule has 0 radical (unpaired) electrons. The Morgan fingerprint density at radius 3 is 2.81 bits per heavy atom. The second-order valence-corrected chi connectivity index (χ2v) is 6.31. The normalized spacial score (nSPS) is 15.8. The van der Waals surface area contributed by atoms with E-state index in [1.165, 1.54) is 6.07 Å². The first-order valence-electron chi connectivity index (χ1n) is 8.40. The standard InChI is InChI=1S/C17H24F2N4O2S/c1-12-3-4-15(25-16(18)19)14(11-12)13(2)21-22-17(26)20-5-6-23-7-9-24-10-8-23/h3-4,11,16H,5-10H2,1-2H3,(H2,20,22,26)/b21-13-. The summed E-state index contributed by atoms with van der Waals surface area (Å²) in [5.41, 5.74) is 4.66. The second-order valence-electron chi connectivity index (χ2n) is 5.90. The van der Waals surface area contributed by atoms with E-state index in [0.29, 0.717) is 22.9 Å². The molecule has 0 amide bonds. The average Bonchev–Trinajstić information content (AvgIpc) is 2.61. The quantitative estimate of drug-likeness (QED) is 0.425. The highest BCUT2D eigenvalue weighted by atomic mass is 32.1. The number of morpholine rings is 1. The molecule has 0 spiro atoms. The maximum absolute atomic E-state index is 12.6. The Bertz CT molecular complexity index is 637. The topological polar surface area (TPSA) is 58.1 Å². The van der Waals surface area contributed by atoms with Crippen LogP contribution >= 0.6 is 12.2 Å². The molecule has 1 aromatic carbocycles. The van der Waals surface area contributed by atoms with Crippen LogP contribution in [-0.2, 0) is 4.74 Å². The molecule has 1 saturated heterocycles. The molecule has 1 fully saturated rings. The molecule has 1 aliphatic heterocycles. The van der Waals surface area contributed by atoms with Crippen LogP contribution in [-0.4, -0.2) is 61.7 Å². The largest absolute Gasteiger partial charge is 0.434 e. The van der Waals surface area contributed by atoms with Crippen LogP contribution in [0.15, 0.2) is 23.3 Å². The fraction of sp³-hybridized carbons (Fsp3) is 0.529. The smallest absolute Gasteiger partial charge is 0.387 e. The van der Waals surface area contributed by atoms with Crippen LogP contribution < -0.4 is 15.5 Å². The summed E-state index contributed by atoms with van der Waals surface area (Å²) in [4.78, 5) is 2.29. The van der Waals surface area contributed by atoms with Crippen LogP contribution in [0.4, 0.5) is 8.78 Å². The Balaban J connectivity index is 1.86. The number of aryl methyl sites for hydroxylation is 1. The number of alkyl halides is 2. The van der Waals surface area contributed by atoms with Crippen molar-refractivity contribution in [2.24, 2.45) is 5.10 Å². The maximum atomic E-state index is 12.6. The number of hydrazone groups is 1. The SMILES string of the molecule is C/C(=N/NC(=S)NCCN1CCOCC1)c1cc(C)ccc1OC(F)F. The number of hydrogen-bond acceptors (Lipinski definition) is 5. The molecule has 26 heavy (non-hydrogen) atoms.